The Balaban J connectivity index is 3.28. The van der Waals surface area contributed by atoms with Gasteiger partial charge in [-0.15, -0.1) is 5.10 Å². The Morgan fingerprint density at radius 2 is 2.12 bits per heavy atom. The molecular weight excluding hydrogens is 252 g/mol. The number of sulfonamides is 1. The van der Waals surface area contributed by atoms with E-state index in [0.29, 0.717) is 0 Å². The lowest BCUT2D eigenvalue weighted by molar-refractivity contribution is -0.120. The predicted molar refractivity (Wildman–Crippen MR) is 57.9 cm³/mol. The molecule has 0 atom stereocenters. The third-order valence-electron chi connectivity index (χ3n) is 1.63. The molecule has 0 radical (unpaired) electrons. The number of aromatic nitrogens is 2. The highest BCUT2D eigenvalue weighted by atomic mass is 32.2. The maximum Gasteiger partial charge on any atom is 0.267 e. The molecule has 0 spiro atoms. The molecule has 1 rings (SSSR count). The van der Waals surface area contributed by atoms with Crippen LogP contribution in [0.15, 0.2) is 9.33 Å². The minimum atomic E-state index is -3.85. The minimum absolute atomic E-state index is 0.211. The van der Waals surface area contributed by atoms with Crippen LogP contribution in [0.5, 0.6) is 0 Å². The van der Waals surface area contributed by atoms with Crippen LogP contribution in [0.25, 0.3) is 0 Å². The van der Waals surface area contributed by atoms with E-state index >= 15 is 0 Å². The van der Waals surface area contributed by atoms with Gasteiger partial charge in [0.05, 0.1) is 0 Å². The van der Waals surface area contributed by atoms with Gasteiger partial charge >= 0.3 is 0 Å². The largest absolute Gasteiger partial charge is 0.272 e. The molecule has 1 amide bonds. The topological polar surface area (TPSA) is 107 Å². The van der Waals surface area contributed by atoms with Crippen molar-refractivity contribution in [3.63, 3.8) is 0 Å². The number of nitrogens with zero attached hydrogens (tertiary/aromatic N) is 3. The SMILES string of the molecule is CC(C)C(=O)/N=c1/sc(S(N)(=O)=O)nn1C. The van der Waals surface area contributed by atoms with Crippen molar-refractivity contribution < 1.29 is 13.2 Å². The molecule has 0 saturated heterocycles. The number of hydrogen-bond donors (Lipinski definition) is 1. The van der Waals surface area contributed by atoms with Crippen LogP contribution in [-0.2, 0) is 21.9 Å². The second-order valence-electron chi connectivity index (χ2n) is 3.42. The van der Waals surface area contributed by atoms with E-state index in [0.717, 1.165) is 11.3 Å². The summed E-state index contributed by atoms with van der Waals surface area (Å²) in [5, 5.41) is 8.58. The summed E-state index contributed by atoms with van der Waals surface area (Å²) in [6.45, 7) is 3.40. The lowest BCUT2D eigenvalue weighted by atomic mass is 10.2. The number of primary sulfonamides is 1. The molecule has 7 nitrogen and oxygen atoms in total. The van der Waals surface area contributed by atoms with Gasteiger partial charge in [0.15, 0.2) is 0 Å². The Morgan fingerprint density at radius 3 is 2.50 bits per heavy atom. The van der Waals surface area contributed by atoms with Gasteiger partial charge in [-0.05, 0) is 0 Å². The highest BCUT2D eigenvalue weighted by Gasteiger charge is 2.15. The normalized spacial score (nSPS) is 13.4. The fourth-order valence-corrected chi connectivity index (χ4v) is 2.32. The van der Waals surface area contributed by atoms with Crippen LogP contribution in [0.4, 0.5) is 0 Å². The average Bonchev–Trinajstić information content (AvgIpc) is 2.47. The number of nitrogens with two attached hydrogens (primary N) is 1. The number of amides is 1. The molecule has 0 saturated carbocycles. The molecule has 0 aliphatic heterocycles. The van der Waals surface area contributed by atoms with Gasteiger partial charge < -0.3 is 0 Å². The van der Waals surface area contributed by atoms with Crippen molar-refractivity contribution in [3.8, 4) is 0 Å². The van der Waals surface area contributed by atoms with Gasteiger partial charge in [0.25, 0.3) is 15.9 Å². The van der Waals surface area contributed by atoms with Crippen molar-refractivity contribution in [1.29, 1.82) is 0 Å². The summed E-state index contributed by atoms with van der Waals surface area (Å²) in [7, 11) is -2.35. The van der Waals surface area contributed by atoms with Crippen LogP contribution in [0, 0.1) is 5.92 Å². The molecular formula is C7H12N4O3S2. The zero-order valence-corrected chi connectivity index (χ0v) is 10.7. The summed E-state index contributed by atoms with van der Waals surface area (Å²) in [5.74, 6) is -0.583. The van der Waals surface area contributed by atoms with Crippen molar-refractivity contribution in [2.45, 2.75) is 18.2 Å². The van der Waals surface area contributed by atoms with Crippen LogP contribution < -0.4 is 9.94 Å². The minimum Gasteiger partial charge on any atom is -0.272 e. The number of hydrogen-bond acceptors (Lipinski definition) is 5. The highest BCUT2D eigenvalue weighted by molar-refractivity contribution is 7.91. The maximum atomic E-state index is 11.3. The first-order chi connectivity index (χ1) is 7.21. The molecule has 0 aliphatic carbocycles. The van der Waals surface area contributed by atoms with E-state index in [1.165, 1.54) is 11.7 Å². The summed E-state index contributed by atoms with van der Waals surface area (Å²) in [5.41, 5.74) is 0. The van der Waals surface area contributed by atoms with Gasteiger partial charge in [-0.3, -0.25) is 4.79 Å². The second-order valence-corrected chi connectivity index (χ2v) is 6.12. The average molecular weight is 264 g/mol. The lowest BCUT2D eigenvalue weighted by Crippen LogP contribution is -2.16. The van der Waals surface area contributed by atoms with E-state index in [1.54, 1.807) is 13.8 Å². The number of aryl methyl sites for hydroxylation is 1. The Bertz CT molecular complexity index is 567. The fraction of sp³-hybridized carbons (Fsp3) is 0.571. The first-order valence-electron chi connectivity index (χ1n) is 4.37. The van der Waals surface area contributed by atoms with Gasteiger partial charge in [0.1, 0.15) is 0 Å². The zero-order chi connectivity index (χ0) is 12.5. The molecule has 90 valence electrons. The molecule has 0 unspecified atom stereocenters. The van der Waals surface area contributed by atoms with Gasteiger partial charge in [-0.25, -0.2) is 18.2 Å². The third kappa shape index (κ3) is 2.97. The summed E-state index contributed by atoms with van der Waals surface area (Å²) in [4.78, 5) is 15.3. The van der Waals surface area contributed by atoms with Crippen molar-refractivity contribution in [2.75, 3.05) is 0 Å². The first-order valence-corrected chi connectivity index (χ1v) is 6.73. The van der Waals surface area contributed by atoms with Crippen molar-refractivity contribution in [2.24, 2.45) is 23.1 Å². The van der Waals surface area contributed by atoms with E-state index in [2.05, 4.69) is 10.1 Å². The van der Waals surface area contributed by atoms with E-state index in [9.17, 15) is 13.2 Å². The summed E-state index contributed by atoms with van der Waals surface area (Å²) in [6, 6.07) is 0. The van der Waals surface area contributed by atoms with Crippen LogP contribution in [-0.4, -0.2) is 24.1 Å². The third-order valence-corrected chi connectivity index (χ3v) is 3.94. The molecule has 0 fully saturated rings. The number of rotatable bonds is 2. The Kier molecular flexibility index (Phi) is 3.61. The van der Waals surface area contributed by atoms with Crippen LogP contribution in [0.2, 0.25) is 0 Å². The van der Waals surface area contributed by atoms with E-state index < -0.39 is 10.0 Å². The number of carbonyl (C=O) groups is 1. The van der Waals surface area contributed by atoms with Crippen LogP contribution in [0.3, 0.4) is 0 Å². The molecule has 0 aromatic carbocycles. The standard InChI is InChI=1S/C7H12N4O3S2/c1-4(2)5(12)9-6-11(3)10-7(15-6)16(8,13)14/h4H,1-3H3,(H2,8,13,14)/b9-6+. The monoisotopic (exact) mass is 264 g/mol. The maximum absolute atomic E-state index is 11.3. The van der Waals surface area contributed by atoms with Gasteiger partial charge in [-0.2, -0.15) is 4.99 Å². The Morgan fingerprint density at radius 1 is 1.56 bits per heavy atom. The fourth-order valence-electron chi connectivity index (χ4n) is 0.763. The van der Waals surface area contributed by atoms with Gasteiger partial charge in [-0.1, -0.05) is 25.2 Å². The van der Waals surface area contributed by atoms with Crippen LogP contribution >= 0.6 is 11.3 Å². The smallest absolute Gasteiger partial charge is 0.267 e. The second kappa shape index (κ2) is 4.44. The first kappa shape index (κ1) is 13.0. The van der Waals surface area contributed by atoms with Crippen molar-refractivity contribution in [1.82, 2.24) is 9.78 Å². The van der Waals surface area contributed by atoms with E-state index in [-0.39, 0.29) is 21.0 Å². The van der Waals surface area contributed by atoms with E-state index in [4.69, 9.17) is 5.14 Å². The Labute approximate surface area is 96.7 Å². The lowest BCUT2D eigenvalue weighted by Gasteiger charge is -1.94. The molecule has 1 aromatic heterocycles. The van der Waals surface area contributed by atoms with Gasteiger partial charge in [0, 0.05) is 13.0 Å². The quantitative estimate of drug-likeness (QED) is 0.755. The summed E-state index contributed by atoms with van der Waals surface area (Å²) < 4.78 is 23.0. The predicted octanol–water partition coefficient (Wildman–Crippen LogP) is -0.788. The molecule has 1 aromatic rings. The highest BCUT2D eigenvalue weighted by Crippen LogP contribution is 2.04. The van der Waals surface area contributed by atoms with Crippen molar-refractivity contribution >= 4 is 27.3 Å². The Hall–Kier alpha value is -1.06. The molecule has 1 heterocycles. The molecule has 0 bridgehead atoms. The zero-order valence-electron chi connectivity index (χ0n) is 9.04. The summed E-state index contributed by atoms with van der Waals surface area (Å²) in [6.07, 6.45) is 0. The van der Waals surface area contributed by atoms with Gasteiger partial charge in [0.2, 0.25) is 9.14 Å². The number of carbonyl (C=O) groups excluding carboxylic acids is 1. The molecule has 16 heavy (non-hydrogen) atoms. The van der Waals surface area contributed by atoms with Crippen molar-refractivity contribution in [3.05, 3.63) is 4.80 Å². The molecule has 9 heteroatoms. The molecule has 2 N–H and O–H groups in total. The van der Waals surface area contributed by atoms with E-state index in [1.807, 2.05) is 0 Å². The summed E-state index contributed by atoms with van der Waals surface area (Å²) >= 11 is 0.764. The van der Waals surface area contributed by atoms with Crippen LogP contribution in [0.1, 0.15) is 13.8 Å². The molecule has 0 aliphatic rings.